The third-order valence-corrected chi connectivity index (χ3v) is 1.77. The number of carbonyl (C=O) groups excluding carboxylic acids is 1. The van der Waals surface area contributed by atoms with E-state index in [1.54, 1.807) is 0 Å². The Morgan fingerprint density at radius 1 is 1.50 bits per heavy atom. The number of carbonyl (C=O) groups is 1. The fraction of sp³-hybridized carbons (Fsp3) is 0.222. The second kappa shape index (κ2) is 5.26. The Morgan fingerprint density at radius 2 is 2.19 bits per heavy atom. The number of alkyl halides is 2. The van der Waals surface area contributed by atoms with Crippen LogP contribution in [0.1, 0.15) is 10.4 Å². The van der Waals surface area contributed by atoms with E-state index in [1.165, 1.54) is 19.2 Å². The number of nitrogens with one attached hydrogen (secondary N) is 1. The predicted octanol–water partition coefficient (Wildman–Crippen LogP) is 1.36. The van der Waals surface area contributed by atoms with Gasteiger partial charge in [-0.2, -0.15) is 8.78 Å². The summed E-state index contributed by atoms with van der Waals surface area (Å²) in [5.41, 5.74) is 2.42. The molecule has 3 N–H and O–H groups in total. The van der Waals surface area contributed by atoms with Crippen LogP contribution in [-0.2, 0) is 4.74 Å². The van der Waals surface area contributed by atoms with Gasteiger partial charge >= 0.3 is 12.6 Å². The van der Waals surface area contributed by atoms with E-state index in [0.717, 1.165) is 6.07 Å². The van der Waals surface area contributed by atoms with Gasteiger partial charge in [0.15, 0.2) is 5.75 Å². The van der Waals surface area contributed by atoms with Crippen molar-refractivity contribution in [3.8, 4) is 5.75 Å². The van der Waals surface area contributed by atoms with Gasteiger partial charge in [0, 0.05) is 0 Å². The Bertz CT molecular complexity index is 385. The molecule has 0 aromatic heterocycles. The minimum atomic E-state index is -3.00. The van der Waals surface area contributed by atoms with Crippen LogP contribution in [0.5, 0.6) is 5.75 Å². The summed E-state index contributed by atoms with van der Waals surface area (Å²) in [6.07, 6.45) is 0. The van der Waals surface area contributed by atoms with Crippen LogP contribution in [-0.4, -0.2) is 19.7 Å². The highest BCUT2D eigenvalue weighted by Crippen LogP contribution is 2.26. The molecule has 0 aliphatic rings. The first-order valence-corrected chi connectivity index (χ1v) is 4.22. The molecule has 0 saturated carbocycles. The number of hydrazine groups is 1. The molecule has 16 heavy (non-hydrogen) atoms. The summed E-state index contributed by atoms with van der Waals surface area (Å²) in [7, 11) is 1.19. The minimum absolute atomic E-state index is 0.0946. The van der Waals surface area contributed by atoms with Crippen LogP contribution < -0.4 is 16.0 Å². The molecule has 0 heterocycles. The Hall–Kier alpha value is -1.89. The summed E-state index contributed by atoms with van der Waals surface area (Å²) in [4.78, 5) is 11.1. The molecule has 0 radical (unpaired) electrons. The minimum Gasteiger partial charge on any atom is -0.465 e. The average Bonchev–Trinajstić information content (AvgIpc) is 2.27. The van der Waals surface area contributed by atoms with Gasteiger partial charge in [-0.25, -0.2) is 4.79 Å². The van der Waals surface area contributed by atoms with E-state index in [0.29, 0.717) is 0 Å². The molecule has 0 spiro atoms. The number of hydrogen-bond acceptors (Lipinski definition) is 5. The van der Waals surface area contributed by atoms with Crippen molar-refractivity contribution in [2.45, 2.75) is 6.61 Å². The molecular formula is C9H10F2N2O3. The van der Waals surface area contributed by atoms with Crippen LogP contribution in [0.25, 0.3) is 0 Å². The second-order valence-electron chi connectivity index (χ2n) is 2.73. The van der Waals surface area contributed by atoms with Gasteiger partial charge in [-0.15, -0.1) is 0 Å². The van der Waals surface area contributed by atoms with Crippen LogP contribution in [0.3, 0.4) is 0 Å². The normalized spacial score (nSPS) is 10.1. The van der Waals surface area contributed by atoms with Gasteiger partial charge in [0.05, 0.1) is 18.4 Å². The predicted molar refractivity (Wildman–Crippen MR) is 52.2 cm³/mol. The first-order valence-electron chi connectivity index (χ1n) is 4.22. The molecule has 0 bridgehead atoms. The van der Waals surface area contributed by atoms with Crippen molar-refractivity contribution in [3.63, 3.8) is 0 Å². The van der Waals surface area contributed by atoms with Gasteiger partial charge in [-0.3, -0.25) is 5.84 Å². The Balaban J connectivity index is 3.05. The summed E-state index contributed by atoms with van der Waals surface area (Å²) < 4.78 is 32.7. The molecule has 5 nitrogen and oxygen atoms in total. The highest BCUT2D eigenvalue weighted by Gasteiger charge is 2.13. The molecule has 0 amide bonds. The summed E-state index contributed by atoms with van der Waals surface area (Å²) in [5, 5.41) is 0. The zero-order valence-corrected chi connectivity index (χ0v) is 8.37. The number of benzene rings is 1. The van der Waals surface area contributed by atoms with E-state index < -0.39 is 12.6 Å². The first-order chi connectivity index (χ1) is 7.58. The van der Waals surface area contributed by atoms with Crippen molar-refractivity contribution >= 4 is 11.7 Å². The fourth-order valence-corrected chi connectivity index (χ4v) is 1.08. The largest absolute Gasteiger partial charge is 0.465 e. The van der Waals surface area contributed by atoms with Crippen molar-refractivity contribution < 1.29 is 23.0 Å². The smallest absolute Gasteiger partial charge is 0.387 e. The quantitative estimate of drug-likeness (QED) is 0.466. The van der Waals surface area contributed by atoms with Crippen molar-refractivity contribution in [2.24, 2.45) is 5.84 Å². The molecule has 0 aliphatic carbocycles. The van der Waals surface area contributed by atoms with Crippen LogP contribution in [0.15, 0.2) is 18.2 Å². The molecule has 1 aromatic rings. The molecular weight excluding hydrogens is 222 g/mol. The van der Waals surface area contributed by atoms with Crippen LogP contribution >= 0.6 is 0 Å². The molecule has 7 heteroatoms. The van der Waals surface area contributed by atoms with Crippen molar-refractivity contribution in [3.05, 3.63) is 23.8 Å². The topological polar surface area (TPSA) is 73.6 Å². The van der Waals surface area contributed by atoms with E-state index in [2.05, 4.69) is 14.9 Å². The van der Waals surface area contributed by atoms with Gasteiger partial charge in [0.1, 0.15) is 0 Å². The number of hydrogen-bond donors (Lipinski definition) is 2. The molecule has 88 valence electrons. The number of esters is 1. The summed E-state index contributed by atoms with van der Waals surface area (Å²) in [6, 6.07) is 3.83. The lowest BCUT2D eigenvalue weighted by atomic mass is 10.2. The molecule has 0 fully saturated rings. The molecule has 0 unspecified atom stereocenters. The van der Waals surface area contributed by atoms with Crippen LogP contribution in [0, 0.1) is 0 Å². The number of rotatable bonds is 4. The van der Waals surface area contributed by atoms with E-state index in [1.807, 2.05) is 0 Å². The van der Waals surface area contributed by atoms with Crippen molar-refractivity contribution in [2.75, 3.05) is 12.5 Å². The van der Waals surface area contributed by atoms with Gasteiger partial charge in [-0.1, -0.05) is 0 Å². The van der Waals surface area contributed by atoms with Crippen molar-refractivity contribution in [1.29, 1.82) is 0 Å². The van der Waals surface area contributed by atoms with E-state index in [9.17, 15) is 13.6 Å². The lowest BCUT2D eigenvalue weighted by molar-refractivity contribution is -0.0494. The van der Waals surface area contributed by atoms with Gasteiger partial charge in [0.2, 0.25) is 0 Å². The van der Waals surface area contributed by atoms with E-state index in [4.69, 9.17) is 5.84 Å². The van der Waals surface area contributed by atoms with Crippen molar-refractivity contribution in [1.82, 2.24) is 0 Å². The SMILES string of the molecule is COC(=O)c1ccc(NN)c(OC(F)F)c1. The molecule has 1 aromatic carbocycles. The maximum atomic E-state index is 12.0. The summed E-state index contributed by atoms with van der Waals surface area (Å²) >= 11 is 0. The molecule has 0 aliphatic heterocycles. The lowest BCUT2D eigenvalue weighted by Gasteiger charge is -2.11. The Kier molecular flexibility index (Phi) is 4.01. The number of anilines is 1. The Labute approximate surface area is 90.1 Å². The van der Waals surface area contributed by atoms with E-state index in [-0.39, 0.29) is 17.0 Å². The zero-order chi connectivity index (χ0) is 12.1. The maximum Gasteiger partial charge on any atom is 0.387 e. The second-order valence-corrected chi connectivity index (χ2v) is 2.73. The fourth-order valence-electron chi connectivity index (χ4n) is 1.08. The standard InChI is InChI=1S/C9H10F2N2O3/c1-15-8(14)5-2-3-6(13-12)7(4-5)16-9(10)11/h2-4,9,13H,12H2,1H3. The molecule has 0 saturated heterocycles. The highest BCUT2D eigenvalue weighted by molar-refractivity contribution is 5.90. The first kappa shape index (κ1) is 12.2. The number of halogens is 2. The molecule has 0 atom stereocenters. The van der Waals surface area contributed by atoms with Crippen LogP contribution in [0.4, 0.5) is 14.5 Å². The number of ether oxygens (including phenoxy) is 2. The Morgan fingerprint density at radius 3 is 2.69 bits per heavy atom. The maximum absolute atomic E-state index is 12.0. The van der Waals surface area contributed by atoms with Gasteiger partial charge in [-0.05, 0) is 18.2 Å². The van der Waals surface area contributed by atoms with Gasteiger partial charge in [0.25, 0.3) is 0 Å². The number of methoxy groups -OCH3 is 1. The van der Waals surface area contributed by atoms with E-state index >= 15 is 0 Å². The third kappa shape index (κ3) is 2.80. The average molecular weight is 232 g/mol. The van der Waals surface area contributed by atoms with Crippen LogP contribution in [0.2, 0.25) is 0 Å². The zero-order valence-electron chi connectivity index (χ0n) is 8.37. The monoisotopic (exact) mass is 232 g/mol. The van der Waals surface area contributed by atoms with Gasteiger partial charge < -0.3 is 14.9 Å². The highest BCUT2D eigenvalue weighted by atomic mass is 19.3. The third-order valence-electron chi connectivity index (χ3n) is 1.77. The summed E-state index contributed by atoms with van der Waals surface area (Å²) in [6.45, 7) is -3.00. The molecule has 1 rings (SSSR count). The lowest BCUT2D eigenvalue weighted by Crippen LogP contribution is -2.12. The number of nitrogens with two attached hydrogens (primary N) is 1. The summed E-state index contributed by atoms with van der Waals surface area (Å²) in [5.74, 6) is 4.22. The number of nitrogen functional groups attached to an aromatic ring is 1.